The second-order valence-electron chi connectivity index (χ2n) is 4.54. The van der Waals surface area contributed by atoms with Gasteiger partial charge in [0, 0.05) is 5.56 Å². The first-order valence-electron chi connectivity index (χ1n) is 6.57. The van der Waals surface area contributed by atoms with Crippen molar-refractivity contribution < 1.29 is 38.9 Å². The van der Waals surface area contributed by atoms with Crippen molar-refractivity contribution in [1.82, 2.24) is 0 Å². The van der Waals surface area contributed by atoms with E-state index in [1.165, 1.54) is 0 Å². The van der Waals surface area contributed by atoms with Gasteiger partial charge in [0.15, 0.2) is 0 Å². The highest BCUT2D eigenvalue weighted by Crippen LogP contribution is 2.43. The SMILES string of the molecule is COC(=O)Cc1c(C(=O)OC)sc(N(CC(=O)O)CC(=O)O)c1N=O. The number of hydrogen-bond acceptors (Lipinski definition) is 10. The maximum atomic E-state index is 11.9. The summed E-state index contributed by atoms with van der Waals surface area (Å²) in [6, 6.07) is 0. The van der Waals surface area contributed by atoms with Crippen LogP contribution >= 0.6 is 11.3 Å². The minimum atomic E-state index is -1.36. The summed E-state index contributed by atoms with van der Waals surface area (Å²) in [5.41, 5.74) is -0.521. The van der Waals surface area contributed by atoms with Crippen LogP contribution < -0.4 is 4.90 Å². The van der Waals surface area contributed by atoms with E-state index in [0.717, 1.165) is 19.1 Å². The van der Waals surface area contributed by atoms with Crippen molar-refractivity contribution in [3.05, 3.63) is 15.3 Å². The average molecular weight is 374 g/mol. The summed E-state index contributed by atoms with van der Waals surface area (Å²) in [5.74, 6) is -4.38. The van der Waals surface area contributed by atoms with Crippen LogP contribution in [0.15, 0.2) is 5.18 Å². The van der Waals surface area contributed by atoms with Crippen LogP contribution in [0.25, 0.3) is 0 Å². The molecule has 0 radical (unpaired) electrons. The molecule has 0 aliphatic carbocycles. The van der Waals surface area contributed by atoms with Gasteiger partial charge in [-0.3, -0.25) is 14.4 Å². The summed E-state index contributed by atoms with van der Waals surface area (Å²) < 4.78 is 9.06. The van der Waals surface area contributed by atoms with Crippen LogP contribution in [-0.4, -0.2) is 61.4 Å². The monoisotopic (exact) mass is 374 g/mol. The van der Waals surface area contributed by atoms with Crippen LogP contribution in [-0.2, 0) is 30.3 Å². The Morgan fingerprint density at radius 1 is 1.08 bits per heavy atom. The molecule has 1 aromatic heterocycles. The van der Waals surface area contributed by atoms with E-state index in [9.17, 15) is 24.1 Å². The molecule has 0 saturated heterocycles. The lowest BCUT2D eigenvalue weighted by atomic mass is 10.1. The van der Waals surface area contributed by atoms with E-state index in [1.807, 2.05) is 0 Å². The van der Waals surface area contributed by atoms with Gasteiger partial charge in [-0.25, -0.2) is 4.79 Å². The lowest BCUT2D eigenvalue weighted by Gasteiger charge is -2.18. The normalized spacial score (nSPS) is 10.0. The van der Waals surface area contributed by atoms with Gasteiger partial charge in [-0.05, 0) is 5.18 Å². The Morgan fingerprint density at radius 2 is 1.64 bits per heavy atom. The molecule has 0 aromatic carbocycles. The van der Waals surface area contributed by atoms with Gasteiger partial charge in [0.2, 0.25) is 0 Å². The van der Waals surface area contributed by atoms with Crippen molar-refractivity contribution in [3.8, 4) is 0 Å². The molecular weight excluding hydrogens is 360 g/mol. The smallest absolute Gasteiger partial charge is 0.348 e. The zero-order chi connectivity index (χ0) is 19.1. The Labute approximate surface area is 144 Å². The molecule has 11 nitrogen and oxygen atoms in total. The summed E-state index contributed by atoms with van der Waals surface area (Å²) in [6.07, 6.45) is -0.494. The standard InChI is InChI=1S/C13H14N2O9S/c1-23-9(20)3-6-10(14-22)12(25-11(6)13(21)24-2)15(4-7(16)17)5-8(18)19/h3-5H2,1-2H3,(H,16,17)(H,18,19). The number of ether oxygens (including phenoxy) is 2. The quantitative estimate of drug-likeness (QED) is 0.463. The summed E-state index contributed by atoms with van der Waals surface area (Å²) in [6.45, 7) is -1.51. The van der Waals surface area contributed by atoms with E-state index >= 15 is 0 Å². The molecule has 1 heterocycles. The molecule has 0 amide bonds. The molecule has 136 valence electrons. The second-order valence-corrected chi connectivity index (χ2v) is 5.54. The number of carboxylic acids is 2. The zero-order valence-electron chi connectivity index (χ0n) is 13.2. The van der Waals surface area contributed by atoms with E-state index in [2.05, 4.69) is 14.7 Å². The summed E-state index contributed by atoms with van der Waals surface area (Å²) in [5, 5.41) is 20.4. The molecule has 0 saturated carbocycles. The van der Waals surface area contributed by atoms with Gasteiger partial charge < -0.3 is 24.6 Å². The van der Waals surface area contributed by atoms with E-state index in [4.69, 9.17) is 10.2 Å². The summed E-state index contributed by atoms with van der Waals surface area (Å²) in [4.78, 5) is 57.3. The van der Waals surface area contributed by atoms with Gasteiger partial charge >= 0.3 is 23.9 Å². The molecule has 12 heteroatoms. The molecule has 0 bridgehead atoms. The molecule has 25 heavy (non-hydrogen) atoms. The minimum Gasteiger partial charge on any atom is -0.480 e. The van der Waals surface area contributed by atoms with E-state index in [1.54, 1.807) is 0 Å². The fourth-order valence-electron chi connectivity index (χ4n) is 1.92. The van der Waals surface area contributed by atoms with Crippen LogP contribution in [0.4, 0.5) is 10.7 Å². The Bertz CT molecular complexity index is 697. The molecule has 0 aliphatic rings. The number of hydrogen-bond donors (Lipinski definition) is 2. The topological polar surface area (TPSA) is 160 Å². The van der Waals surface area contributed by atoms with Crippen LogP contribution in [0.1, 0.15) is 15.2 Å². The minimum absolute atomic E-state index is 0.116. The number of methoxy groups -OCH3 is 2. The number of thiophene rings is 1. The molecule has 2 N–H and O–H groups in total. The third-order valence-electron chi connectivity index (χ3n) is 2.91. The number of nitroso groups, excluding NO2 is 1. The van der Waals surface area contributed by atoms with Crippen molar-refractivity contribution in [2.45, 2.75) is 6.42 Å². The number of rotatable bonds is 9. The van der Waals surface area contributed by atoms with Crippen LogP contribution in [0, 0.1) is 4.91 Å². The predicted molar refractivity (Wildman–Crippen MR) is 84.3 cm³/mol. The highest BCUT2D eigenvalue weighted by Gasteiger charge is 2.30. The predicted octanol–water partition coefficient (Wildman–Crippen LogP) is 0.624. The van der Waals surface area contributed by atoms with Crippen molar-refractivity contribution in [3.63, 3.8) is 0 Å². The fraction of sp³-hybridized carbons (Fsp3) is 0.385. The van der Waals surface area contributed by atoms with Gasteiger partial charge in [-0.1, -0.05) is 0 Å². The van der Waals surface area contributed by atoms with Gasteiger partial charge in [0.25, 0.3) is 0 Å². The Kier molecular flexibility index (Phi) is 6.99. The zero-order valence-corrected chi connectivity index (χ0v) is 14.0. The fourth-order valence-corrected chi connectivity index (χ4v) is 3.08. The van der Waals surface area contributed by atoms with E-state index in [0.29, 0.717) is 11.3 Å². The van der Waals surface area contributed by atoms with E-state index < -0.39 is 49.1 Å². The Hall–Kier alpha value is -3.02. The molecule has 0 atom stereocenters. The first-order valence-corrected chi connectivity index (χ1v) is 7.39. The summed E-state index contributed by atoms with van der Waals surface area (Å²) >= 11 is 0.611. The van der Waals surface area contributed by atoms with Crippen molar-refractivity contribution in [1.29, 1.82) is 0 Å². The highest BCUT2D eigenvalue weighted by molar-refractivity contribution is 7.18. The number of carbonyl (C=O) groups is 4. The maximum Gasteiger partial charge on any atom is 0.348 e. The molecule has 0 unspecified atom stereocenters. The third kappa shape index (κ3) is 4.97. The van der Waals surface area contributed by atoms with Crippen molar-refractivity contribution >= 4 is 45.9 Å². The lowest BCUT2D eigenvalue weighted by Crippen LogP contribution is -2.33. The largest absolute Gasteiger partial charge is 0.480 e. The van der Waals surface area contributed by atoms with Gasteiger partial charge in [0.1, 0.15) is 28.7 Å². The van der Waals surface area contributed by atoms with Crippen LogP contribution in [0.3, 0.4) is 0 Å². The number of carbonyl (C=O) groups excluding carboxylic acids is 2. The van der Waals surface area contributed by atoms with E-state index in [-0.39, 0.29) is 15.4 Å². The molecule has 1 aromatic rings. The van der Waals surface area contributed by atoms with Crippen molar-refractivity contribution in [2.24, 2.45) is 5.18 Å². The number of esters is 2. The number of anilines is 1. The number of nitrogens with zero attached hydrogens (tertiary/aromatic N) is 2. The molecular formula is C13H14N2O9S. The summed E-state index contributed by atoms with van der Waals surface area (Å²) in [7, 11) is 2.17. The molecule has 0 spiro atoms. The number of carboxylic acid groups (broad SMARTS) is 2. The first kappa shape index (κ1) is 20.0. The number of aliphatic carboxylic acids is 2. The van der Waals surface area contributed by atoms with Gasteiger partial charge in [-0.2, -0.15) is 0 Å². The average Bonchev–Trinajstić information content (AvgIpc) is 2.90. The Morgan fingerprint density at radius 3 is 2.04 bits per heavy atom. The first-order chi connectivity index (χ1) is 11.7. The molecule has 1 rings (SSSR count). The lowest BCUT2D eigenvalue weighted by molar-refractivity contribution is -0.140. The maximum absolute atomic E-state index is 11.9. The second kappa shape index (κ2) is 8.73. The molecule has 0 aliphatic heterocycles. The van der Waals surface area contributed by atoms with Crippen molar-refractivity contribution in [2.75, 3.05) is 32.2 Å². The van der Waals surface area contributed by atoms with Crippen LogP contribution in [0.5, 0.6) is 0 Å². The van der Waals surface area contributed by atoms with Gasteiger partial charge in [0.05, 0.1) is 20.6 Å². The third-order valence-corrected chi connectivity index (χ3v) is 4.17. The Balaban J connectivity index is 3.53. The highest BCUT2D eigenvalue weighted by atomic mass is 32.1. The molecule has 0 fully saturated rings. The van der Waals surface area contributed by atoms with Crippen LogP contribution in [0.2, 0.25) is 0 Å². The van der Waals surface area contributed by atoms with Gasteiger partial charge in [-0.15, -0.1) is 16.2 Å².